The van der Waals surface area contributed by atoms with E-state index in [1.807, 2.05) is 0 Å². The third kappa shape index (κ3) is 1.98. The van der Waals surface area contributed by atoms with Crippen LogP contribution in [0.25, 0.3) is 0 Å². The van der Waals surface area contributed by atoms with Gasteiger partial charge >= 0.3 is 0 Å². The second kappa shape index (κ2) is 4.47. The standard InChI is InChI=1S/C16H19NO3/c18-17(19)14-1-3-15(4-2-14)20-16-12-6-10-5-11(8-12)9-13(16)7-10/h1-4,10-13,16H,5-9H2. The average Bonchev–Trinajstić information content (AvgIpc) is 2.42. The quantitative estimate of drug-likeness (QED) is 0.621. The number of nitro benzene ring substituents is 1. The van der Waals surface area contributed by atoms with E-state index >= 15 is 0 Å². The summed E-state index contributed by atoms with van der Waals surface area (Å²) < 4.78 is 6.20. The van der Waals surface area contributed by atoms with Crippen molar-refractivity contribution in [2.24, 2.45) is 23.7 Å². The first-order valence-electron chi connectivity index (χ1n) is 7.60. The van der Waals surface area contributed by atoms with E-state index in [0.29, 0.717) is 17.9 Å². The molecule has 0 unspecified atom stereocenters. The van der Waals surface area contributed by atoms with E-state index in [1.54, 1.807) is 12.1 Å². The summed E-state index contributed by atoms with van der Waals surface area (Å²) in [5.74, 6) is 4.08. The van der Waals surface area contributed by atoms with Crippen molar-refractivity contribution in [3.63, 3.8) is 0 Å². The van der Waals surface area contributed by atoms with Crippen LogP contribution < -0.4 is 4.74 Å². The van der Waals surface area contributed by atoms with Crippen molar-refractivity contribution in [3.05, 3.63) is 34.4 Å². The Morgan fingerprint density at radius 2 is 1.50 bits per heavy atom. The highest BCUT2D eigenvalue weighted by Gasteiger charge is 2.49. The summed E-state index contributed by atoms with van der Waals surface area (Å²) >= 11 is 0. The molecule has 0 radical (unpaired) electrons. The zero-order valence-corrected chi connectivity index (χ0v) is 11.4. The van der Waals surface area contributed by atoms with Crippen LogP contribution in [-0.2, 0) is 0 Å². The van der Waals surface area contributed by atoms with Gasteiger partial charge in [0.25, 0.3) is 5.69 Å². The second-order valence-electron chi connectivity index (χ2n) is 6.76. The van der Waals surface area contributed by atoms with E-state index < -0.39 is 0 Å². The molecule has 1 aromatic carbocycles. The van der Waals surface area contributed by atoms with Crippen molar-refractivity contribution >= 4 is 5.69 Å². The topological polar surface area (TPSA) is 52.4 Å². The molecule has 4 fully saturated rings. The molecule has 20 heavy (non-hydrogen) atoms. The molecule has 0 heterocycles. The Hall–Kier alpha value is -1.58. The molecule has 4 nitrogen and oxygen atoms in total. The van der Waals surface area contributed by atoms with Gasteiger partial charge < -0.3 is 4.74 Å². The van der Waals surface area contributed by atoms with Gasteiger partial charge in [-0.2, -0.15) is 0 Å². The number of rotatable bonds is 3. The smallest absolute Gasteiger partial charge is 0.269 e. The third-order valence-electron chi connectivity index (χ3n) is 5.46. The summed E-state index contributed by atoms with van der Waals surface area (Å²) in [7, 11) is 0. The molecule has 0 aliphatic heterocycles. The zero-order chi connectivity index (χ0) is 13.7. The van der Waals surface area contributed by atoms with Crippen molar-refractivity contribution in [1.82, 2.24) is 0 Å². The monoisotopic (exact) mass is 273 g/mol. The van der Waals surface area contributed by atoms with Gasteiger partial charge in [0, 0.05) is 12.1 Å². The molecule has 4 saturated carbocycles. The molecule has 0 spiro atoms. The minimum Gasteiger partial charge on any atom is -0.490 e. The lowest BCUT2D eigenvalue weighted by molar-refractivity contribution is -0.384. The lowest BCUT2D eigenvalue weighted by atomic mass is 9.55. The molecule has 0 aromatic heterocycles. The Morgan fingerprint density at radius 1 is 0.950 bits per heavy atom. The van der Waals surface area contributed by atoms with Crippen LogP contribution in [0.4, 0.5) is 5.69 Å². The molecular weight excluding hydrogens is 254 g/mol. The normalized spacial score (nSPS) is 37.9. The van der Waals surface area contributed by atoms with E-state index in [4.69, 9.17) is 4.74 Å². The predicted molar refractivity (Wildman–Crippen MR) is 74.6 cm³/mol. The van der Waals surface area contributed by atoms with Crippen molar-refractivity contribution < 1.29 is 9.66 Å². The molecule has 0 atom stereocenters. The van der Waals surface area contributed by atoms with Gasteiger partial charge in [-0.25, -0.2) is 0 Å². The van der Waals surface area contributed by atoms with E-state index in [9.17, 15) is 10.1 Å². The fraction of sp³-hybridized carbons (Fsp3) is 0.625. The van der Waals surface area contributed by atoms with Crippen molar-refractivity contribution in [1.29, 1.82) is 0 Å². The summed E-state index contributed by atoms with van der Waals surface area (Å²) in [5.41, 5.74) is 0.127. The van der Waals surface area contributed by atoms with Gasteiger partial charge in [0.15, 0.2) is 0 Å². The lowest BCUT2D eigenvalue weighted by Crippen LogP contribution is -2.50. The maximum Gasteiger partial charge on any atom is 0.269 e. The summed E-state index contributed by atoms with van der Waals surface area (Å²) in [5, 5.41) is 10.7. The van der Waals surface area contributed by atoms with Crippen molar-refractivity contribution in [3.8, 4) is 5.75 Å². The first-order valence-corrected chi connectivity index (χ1v) is 7.60. The van der Waals surface area contributed by atoms with Gasteiger partial charge in [-0.15, -0.1) is 0 Å². The Morgan fingerprint density at radius 3 is 2.00 bits per heavy atom. The van der Waals surface area contributed by atoms with Crippen molar-refractivity contribution in [2.75, 3.05) is 0 Å². The molecule has 4 aliphatic carbocycles. The zero-order valence-electron chi connectivity index (χ0n) is 11.4. The van der Waals surface area contributed by atoms with E-state index in [0.717, 1.165) is 17.6 Å². The highest BCUT2D eigenvalue weighted by atomic mass is 16.6. The Labute approximate surface area is 118 Å². The SMILES string of the molecule is O=[N+]([O-])c1ccc(OC2C3CC4CC(C3)CC2C4)cc1. The largest absolute Gasteiger partial charge is 0.490 e. The van der Waals surface area contributed by atoms with Gasteiger partial charge in [-0.1, -0.05) is 0 Å². The van der Waals surface area contributed by atoms with Crippen LogP contribution >= 0.6 is 0 Å². The first-order chi connectivity index (χ1) is 9.69. The third-order valence-corrected chi connectivity index (χ3v) is 5.46. The number of ether oxygens (including phenoxy) is 1. The van der Waals surface area contributed by atoms with Gasteiger partial charge in [0.05, 0.1) is 4.92 Å². The molecule has 4 aliphatic rings. The number of nitrogens with zero attached hydrogens (tertiary/aromatic N) is 1. The number of hydrogen-bond acceptors (Lipinski definition) is 3. The highest BCUT2D eigenvalue weighted by Crippen LogP contribution is 2.54. The van der Waals surface area contributed by atoms with Crippen LogP contribution in [0.5, 0.6) is 5.75 Å². The van der Waals surface area contributed by atoms with Crippen LogP contribution in [0.3, 0.4) is 0 Å². The molecule has 0 amide bonds. The van der Waals surface area contributed by atoms with Gasteiger partial charge in [-0.3, -0.25) is 10.1 Å². The van der Waals surface area contributed by atoms with E-state index in [-0.39, 0.29) is 10.6 Å². The van der Waals surface area contributed by atoms with Crippen LogP contribution in [0.15, 0.2) is 24.3 Å². The predicted octanol–water partition coefficient (Wildman–Crippen LogP) is 3.80. The minimum absolute atomic E-state index is 0.127. The van der Waals surface area contributed by atoms with Crippen LogP contribution in [0, 0.1) is 33.8 Å². The Bertz CT molecular complexity index is 497. The van der Waals surface area contributed by atoms with Crippen LogP contribution in [0.1, 0.15) is 32.1 Å². The van der Waals surface area contributed by atoms with Gasteiger partial charge in [-0.05, 0) is 67.9 Å². The number of hydrogen-bond donors (Lipinski definition) is 0. The average molecular weight is 273 g/mol. The van der Waals surface area contributed by atoms with E-state index in [1.165, 1.54) is 44.2 Å². The van der Waals surface area contributed by atoms with Crippen molar-refractivity contribution in [2.45, 2.75) is 38.2 Å². The molecule has 0 N–H and O–H groups in total. The lowest BCUT2D eigenvalue weighted by Gasteiger charge is -2.53. The van der Waals surface area contributed by atoms with E-state index in [2.05, 4.69) is 0 Å². The van der Waals surface area contributed by atoms with Crippen LogP contribution in [-0.4, -0.2) is 11.0 Å². The minimum atomic E-state index is -0.368. The number of nitro groups is 1. The fourth-order valence-corrected chi connectivity index (χ4v) is 4.87. The molecule has 1 aromatic rings. The summed E-state index contributed by atoms with van der Waals surface area (Å²) in [6.07, 6.45) is 7.08. The maximum atomic E-state index is 10.7. The molecule has 106 valence electrons. The molecule has 4 bridgehead atoms. The first kappa shape index (κ1) is 12.2. The van der Waals surface area contributed by atoms with Crippen LogP contribution in [0.2, 0.25) is 0 Å². The number of non-ortho nitro benzene ring substituents is 1. The molecule has 4 heteroatoms. The van der Waals surface area contributed by atoms with Gasteiger partial charge in [0.2, 0.25) is 0 Å². The molecule has 0 saturated heterocycles. The summed E-state index contributed by atoms with van der Waals surface area (Å²) in [4.78, 5) is 10.3. The summed E-state index contributed by atoms with van der Waals surface area (Å²) in [6.45, 7) is 0. The van der Waals surface area contributed by atoms with Gasteiger partial charge in [0.1, 0.15) is 11.9 Å². The fourth-order valence-electron chi connectivity index (χ4n) is 4.87. The molecular formula is C16H19NO3. The second-order valence-corrected chi connectivity index (χ2v) is 6.76. The highest BCUT2D eigenvalue weighted by molar-refractivity contribution is 5.36. The summed E-state index contributed by atoms with van der Waals surface area (Å²) in [6, 6.07) is 6.54. The number of benzene rings is 1. The Kier molecular flexibility index (Phi) is 2.72. The Balaban J connectivity index is 1.50. The molecule has 5 rings (SSSR count). The maximum absolute atomic E-state index is 10.7.